The Morgan fingerprint density at radius 2 is 2.12 bits per heavy atom. The van der Waals surface area contributed by atoms with Gasteiger partial charge in [-0.25, -0.2) is 4.68 Å². The second-order valence-electron chi connectivity index (χ2n) is 5.72. The normalized spacial score (nSPS) is 11.4. The number of carbonyl (C=O) groups is 1. The number of hydrogen-bond donors (Lipinski definition) is 1. The van der Waals surface area contributed by atoms with E-state index < -0.39 is 0 Å². The molecule has 128 valence electrons. The van der Waals surface area contributed by atoms with E-state index in [-0.39, 0.29) is 18.0 Å². The average molecular weight is 340 g/mol. The highest BCUT2D eigenvalue weighted by atomic mass is 16.3. The van der Waals surface area contributed by atoms with Crippen molar-refractivity contribution in [3.63, 3.8) is 0 Å². The lowest BCUT2D eigenvalue weighted by molar-refractivity contribution is -0.121. The zero-order valence-electron chi connectivity index (χ0n) is 13.6. The molecule has 0 atom stereocenters. The van der Waals surface area contributed by atoms with Crippen molar-refractivity contribution in [3.8, 4) is 0 Å². The maximum atomic E-state index is 12.6. The Morgan fingerprint density at radius 1 is 1.24 bits per heavy atom. The number of nitrogens with zero attached hydrogens (tertiary/aromatic N) is 3. The Hall–Kier alpha value is -3.29. The Morgan fingerprint density at radius 3 is 2.92 bits per heavy atom. The molecule has 4 heterocycles. The van der Waals surface area contributed by atoms with E-state index in [1.54, 1.807) is 42.0 Å². The first kappa shape index (κ1) is 15.3. The lowest BCUT2D eigenvalue weighted by Crippen LogP contribution is -2.35. The number of aryl methyl sites for hydroxylation is 1. The van der Waals surface area contributed by atoms with Gasteiger partial charge in [0.1, 0.15) is 23.6 Å². The quantitative estimate of drug-likeness (QED) is 0.594. The molecule has 0 saturated carbocycles. The molecule has 0 radical (unpaired) electrons. The molecule has 0 fully saturated rings. The topological polar surface area (TPSA) is 94.7 Å². The van der Waals surface area contributed by atoms with Crippen molar-refractivity contribution in [2.24, 2.45) is 0 Å². The third kappa shape index (κ3) is 2.71. The predicted octanol–water partition coefficient (Wildman–Crippen LogP) is 1.50. The van der Waals surface area contributed by atoms with Crippen LogP contribution < -0.4 is 10.9 Å². The van der Waals surface area contributed by atoms with Gasteiger partial charge in [0.15, 0.2) is 5.58 Å². The van der Waals surface area contributed by atoms with Gasteiger partial charge in [0.25, 0.3) is 5.56 Å². The van der Waals surface area contributed by atoms with Gasteiger partial charge in [-0.05, 0) is 19.1 Å². The molecule has 4 aromatic rings. The number of carbonyl (C=O) groups excluding carboxylic acids is 1. The van der Waals surface area contributed by atoms with E-state index in [4.69, 9.17) is 8.83 Å². The molecule has 8 heteroatoms. The van der Waals surface area contributed by atoms with Gasteiger partial charge in [-0.3, -0.25) is 14.0 Å². The largest absolute Gasteiger partial charge is 0.469 e. The van der Waals surface area contributed by atoms with Crippen molar-refractivity contribution in [2.45, 2.75) is 19.9 Å². The molecule has 1 N–H and O–H groups in total. The highest BCUT2D eigenvalue weighted by molar-refractivity contribution is 5.82. The number of aromatic nitrogens is 3. The van der Waals surface area contributed by atoms with E-state index in [0.717, 1.165) is 11.3 Å². The van der Waals surface area contributed by atoms with Gasteiger partial charge in [-0.2, -0.15) is 5.10 Å². The molecule has 0 aliphatic heterocycles. The Kier molecular flexibility index (Phi) is 3.64. The third-order valence-electron chi connectivity index (χ3n) is 4.03. The molecule has 4 rings (SSSR count). The fraction of sp³-hybridized carbons (Fsp3) is 0.235. The molecule has 8 nitrogen and oxygen atoms in total. The van der Waals surface area contributed by atoms with Crippen LogP contribution in [0.4, 0.5) is 0 Å². The van der Waals surface area contributed by atoms with Crippen LogP contribution in [0.15, 0.2) is 50.4 Å². The van der Waals surface area contributed by atoms with Gasteiger partial charge in [0.05, 0.1) is 18.0 Å². The van der Waals surface area contributed by atoms with E-state index in [1.165, 1.54) is 4.68 Å². The van der Waals surface area contributed by atoms with Crippen LogP contribution in [0, 0.1) is 6.92 Å². The second-order valence-corrected chi connectivity index (χ2v) is 5.72. The van der Waals surface area contributed by atoms with E-state index in [0.29, 0.717) is 29.9 Å². The molecule has 0 aliphatic rings. The molecule has 0 spiro atoms. The van der Waals surface area contributed by atoms with E-state index in [1.807, 2.05) is 6.07 Å². The minimum Gasteiger partial charge on any atom is -0.469 e. The van der Waals surface area contributed by atoms with Gasteiger partial charge < -0.3 is 14.2 Å². The maximum Gasteiger partial charge on any atom is 0.291 e. The molecule has 4 aromatic heterocycles. The highest BCUT2D eigenvalue weighted by Crippen LogP contribution is 2.19. The summed E-state index contributed by atoms with van der Waals surface area (Å²) >= 11 is 0. The van der Waals surface area contributed by atoms with Crippen molar-refractivity contribution in [3.05, 3.63) is 58.7 Å². The van der Waals surface area contributed by atoms with Gasteiger partial charge in [-0.15, -0.1) is 0 Å². The number of fused-ring (bicyclic) bond motifs is 3. The van der Waals surface area contributed by atoms with E-state index >= 15 is 0 Å². The summed E-state index contributed by atoms with van der Waals surface area (Å²) in [5, 5.41) is 7.01. The molecule has 0 bridgehead atoms. The number of rotatable bonds is 5. The lowest BCUT2D eigenvalue weighted by Gasteiger charge is -2.08. The Balaban J connectivity index is 1.53. The zero-order chi connectivity index (χ0) is 17.4. The Labute approximate surface area is 141 Å². The van der Waals surface area contributed by atoms with Gasteiger partial charge in [-0.1, -0.05) is 0 Å². The first-order valence-corrected chi connectivity index (χ1v) is 7.89. The second kappa shape index (κ2) is 5.97. The van der Waals surface area contributed by atoms with Crippen molar-refractivity contribution in [1.82, 2.24) is 19.5 Å². The van der Waals surface area contributed by atoms with Crippen LogP contribution in [0.3, 0.4) is 0 Å². The van der Waals surface area contributed by atoms with Crippen molar-refractivity contribution in [1.29, 1.82) is 0 Å². The molecular formula is C17H16N4O4. The van der Waals surface area contributed by atoms with Crippen LogP contribution in [-0.4, -0.2) is 26.6 Å². The number of nitrogens with one attached hydrogen (secondary N) is 1. The molecular weight excluding hydrogens is 324 g/mol. The summed E-state index contributed by atoms with van der Waals surface area (Å²) in [5.41, 5.74) is 1.50. The maximum absolute atomic E-state index is 12.6. The SMILES string of the molecule is Cc1nn(CC(=O)NCCc2ccco2)c(=O)c2cc3occc3n12. The molecule has 0 unspecified atom stereocenters. The fourth-order valence-corrected chi connectivity index (χ4v) is 2.91. The molecule has 25 heavy (non-hydrogen) atoms. The number of amides is 1. The summed E-state index contributed by atoms with van der Waals surface area (Å²) in [5.74, 6) is 1.12. The minimum atomic E-state index is -0.335. The molecule has 0 aliphatic carbocycles. The van der Waals surface area contributed by atoms with Crippen LogP contribution in [-0.2, 0) is 17.8 Å². The monoisotopic (exact) mass is 340 g/mol. The van der Waals surface area contributed by atoms with Gasteiger partial charge in [0, 0.05) is 25.1 Å². The minimum absolute atomic E-state index is 0.138. The molecule has 0 aromatic carbocycles. The lowest BCUT2D eigenvalue weighted by atomic mass is 10.3. The van der Waals surface area contributed by atoms with Crippen LogP contribution in [0.2, 0.25) is 0 Å². The van der Waals surface area contributed by atoms with Crippen molar-refractivity contribution >= 4 is 22.5 Å². The summed E-state index contributed by atoms with van der Waals surface area (Å²) in [7, 11) is 0. The van der Waals surface area contributed by atoms with Crippen LogP contribution in [0.5, 0.6) is 0 Å². The van der Waals surface area contributed by atoms with Crippen LogP contribution in [0.1, 0.15) is 11.6 Å². The summed E-state index contributed by atoms with van der Waals surface area (Å²) in [6.07, 6.45) is 3.75. The number of furan rings is 2. The average Bonchev–Trinajstić information content (AvgIpc) is 3.28. The fourth-order valence-electron chi connectivity index (χ4n) is 2.91. The third-order valence-corrected chi connectivity index (χ3v) is 4.03. The highest BCUT2D eigenvalue weighted by Gasteiger charge is 2.15. The van der Waals surface area contributed by atoms with Crippen molar-refractivity contribution < 1.29 is 13.6 Å². The first-order valence-electron chi connectivity index (χ1n) is 7.89. The predicted molar refractivity (Wildman–Crippen MR) is 89.4 cm³/mol. The van der Waals surface area contributed by atoms with Crippen LogP contribution in [0.25, 0.3) is 16.6 Å². The summed E-state index contributed by atoms with van der Waals surface area (Å²) in [6, 6.07) is 7.09. The molecule has 1 amide bonds. The van der Waals surface area contributed by atoms with Gasteiger partial charge in [0.2, 0.25) is 5.91 Å². The van der Waals surface area contributed by atoms with Gasteiger partial charge >= 0.3 is 0 Å². The Bertz CT molecular complexity index is 1100. The first-order chi connectivity index (χ1) is 12.1. The standard InChI is InChI=1S/C17H16N4O4/c1-11-19-20(10-16(22)18-6-4-12-3-2-7-24-12)17(23)14-9-15-13(21(11)14)5-8-25-15/h2-3,5,7-9H,4,6,10H2,1H3,(H,18,22). The smallest absolute Gasteiger partial charge is 0.291 e. The molecule has 0 saturated heterocycles. The zero-order valence-corrected chi connectivity index (χ0v) is 13.6. The summed E-state index contributed by atoms with van der Waals surface area (Å²) < 4.78 is 13.4. The number of hydrogen-bond acceptors (Lipinski definition) is 5. The van der Waals surface area contributed by atoms with Crippen molar-refractivity contribution in [2.75, 3.05) is 6.54 Å². The summed E-state index contributed by atoms with van der Waals surface area (Å²) in [4.78, 5) is 24.7. The van der Waals surface area contributed by atoms with E-state index in [9.17, 15) is 9.59 Å². The summed E-state index contributed by atoms with van der Waals surface area (Å²) in [6.45, 7) is 2.07. The van der Waals surface area contributed by atoms with Crippen LogP contribution >= 0.6 is 0 Å². The van der Waals surface area contributed by atoms with E-state index in [2.05, 4.69) is 10.4 Å².